The summed E-state index contributed by atoms with van der Waals surface area (Å²) in [5.41, 5.74) is 1.68. The lowest BCUT2D eigenvalue weighted by atomic mass is 9.95. The number of ether oxygens (including phenoxy) is 2. The Bertz CT molecular complexity index is 1500. The third-order valence-electron chi connectivity index (χ3n) is 6.13. The number of carbonyl (C=O) groups excluding carboxylic acids is 2. The van der Waals surface area contributed by atoms with Crippen molar-refractivity contribution in [2.24, 2.45) is 0 Å². The summed E-state index contributed by atoms with van der Waals surface area (Å²) in [6.07, 6.45) is 4.93. The maximum absolute atomic E-state index is 13.5. The molecule has 5 rings (SSSR count). The predicted molar refractivity (Wildman–Crippen MR) is 142 cm³/mol. The number of ketones is 1. The van der Waals surface area contributed by atoms with Gasteiger partial charge in [-0.15, -0.1) is 0 Å². The van der Waals surface area contributed by atoms with Crippen molar-refractivity contribution in [2.75, 3.05) is 18.6 Å². The highest BCUT2D eigenvalue weighted by atomic mass is 32.1. The second kappa shape index (κ2) is 10.4. The van der Waals surface area contributed by atoms with Gasteiger partial charge in [0.05, 0.1) is 35.5 Å². The Morgan fingerprint density at radius 1 is 1.08 bits per heavy atom. The van der Waals surface area contributed by atoms with E-state index in [2.05, 4.69) is 16.9 Å². The van der Waals surface area contributed by atoms with Crippen LogP contribution in [0.25, 0.3) is 16.0 Å². The molecular formula is C28H25N3O5S. The summed E-state index contributed by atoms with van der Waals surface area (Å²) >= 11 is 1.28. The predicted octanol–water partition coefficient (Wildman–Crippen LogP) is 5.51. The highest BCUT2D eigenvalue weighted by molar-refractivity contribution is 7.22. The maximum Gasteiger partial charge on any atom is 0.301 e. The summed E-state index contributed by atoms with van der Waals surface area (Å²) in [6, 6.07) is 15.0. The maximum atomic E-state index is 13.5. The van der Waals surface area contributed by atoms with Crippen molar-refractivity contribution in [3.8, 4) is 11.5 Å². The van der Waals surface area contributed by atoms with E-state index in [0.717, 1.165) is 17.5 Å². The number of methoxy groups -OCH3 is 1. The van der Waals surface area contributed by atoms with Gasteiger partial charge in [0.25, 0.3) is 5.78 Å². The molecular weight excluding hydrogens is 490 g/mol. The Balaban J connectivity index is 1.67. The molecule has 1 unspecified atom stereocenters. The molecule has 2 aromatic carbocycles. The minimum Gasteiger partial charge on any atom is -0.507 e. The van der Waals surface area contributed by atoms with E-state index in [1.165, 1.54) is 28.6 Å². The molecule has 1 amide bonds. The van der Waals surface area contributed by atoms with Crippen molar-refractivity contribution in [1.29, 1.82) is 0 Å². The molecule has 37 heavy (non-hydrogen) atoms. The molecule has 9 heteroatoms. The first kappa shape index (κ1) is 24.5. The second-order valence-corrected chi connectivity index (χ2v) is 9.52. The van der Waals surface area contributed by atoms with E-state index >= 15 is 0 Å². The molecule has 0 saturated carbocycles. The molecule has 8 nitrogen and oxygen atoms in total. The van der Waals surface area contributed by atoms with E-state index in [4.69, 9.17) is 9.47 Å². The van der Waals surface area contributed by atoms with Gasteiger partial charge in [-0.05, 0) is 54.4 Å². The molecule has 1 aliphatic rings. The number of Topliss-reactive ketones (excluding diaryl/α,β-unsaturated/α-hetero) is 1. The summed E-state index contributed by atoms with van der Waals surface area (Å²) in [7, 11) is 1.58. The van der Waals surface area contributed by atoms with Crippen LogP contribution in [0, 0.1) is 0 Å². The number of aromatic nitrogens is 2. The Labute approximate surface area is 217 Å². The monoisotopic (exact) mass is 515 g/mol. The van der Waals surface area contributed by atoms with Crippen molar-refractivity contribution in [3.63, 3.8) is 0 Å². The normalized spacial score (nSPS) is 16.9. The summed E-state index contributed by atoms with van der Waals surface area (Å²) < 4.78 is 12.0. The molecule has 1 atom stereocenters. The zero-order chi connectivity index (χ0) is 25.9. The first-order chi connectivity index (χ1) is 18.0. The van der Waals surface area contributed by atoms with Crippen LogP contribution in [0.5, 0.6) is 11.5 Å². The lowest BCUT2D eigenvalue weighted by molar-refractivity contribution is -0.132. The van der Waals surface area contributed by atoms with Crippen molar-refractivity contribution in [1.82, 2.24) is 9.97 Å². The van der Waals surface area contributed by atoms with E-state index in [1.807, 2.05) is 24.3 Å². The number of hydrogen-bond donors (Lipinski definition) is 1. The standard InChI is InChI=1S/C28H25N3O5S/c1-3-4-14-36-20-7-5-6-18(15-20)24-23(25(32)17-10-12-29-13-11-17)26(33)27(34)31(24)28-30-21-9-8-19(35-2)16-22(21)37-28/h5-13,15-16,24,32H,3-4,14H2,1-2H3. The van der Waals surface area contributed by atoms with Crippen LogP contribution < -0.4 is 14.4 Å². The molecule has 1 fully saturated rings. The molecule has 0 aliphatic carbocycles. The number of pyridine rings is 1. The van der Waals surface area contributed by atoms with Crippen LogP contribution in [0.2, 0.25) is 0 Å². The molecule has 4 aromatic rings. The summed E-state index contributed by atoms with van der Waals surface area (Å²) in [5, 5.41) is 11.6. The summed E-state index contributed by atoms with van der Waals surface area (Å²) in [6.45, 7) is 2.64. The summed E-state index contributed by atoms with van der Waals surface area (Å²) in [4.78, 5) is 36.9. The first-order valence-electron chi connectivity index (χ1n) is 11.9. The van der Waals surface area contributed by atoms with E-state index in [-0.39, 0.29) is 11.3 Å². The van der Waals surface area contributed by atoms with E-state index in [0.29, 0.717) is 39.9 Å². The minimum atomic E-state index is -0.898. The van der Waals surface area contributed by atoms with Gasteiger partial charge >= 0.3 is 5.91 Å². The Hall–Kier alpha value is -4.24. The molecule has 0 bridgehead atoms. The van der Waals surface area contributed by atoms with Gasteiger partial charge in [0.1, 0.15) is 17.3 Å². The van der Waals surface area contributed by atoms with Crippen LogP contribution >= 0.6 is 11.3 Å². The van der Waals surface area contributed by atoms with Gasteiger partial charge in [0.2, 0.25) is 0 Å². The number of amides is 1. The quantitative estimate of drug-likeness (QED) is 0.143. The Kier molecular flexibility index (Phi) is 6.87. The van der Waals surface area contributed by atoms with Crippen LogP contribution in [0.15, 0.2) is 72.6 Å². The average molecular weight is 516 g/mol. The van der Waals surface area contributed by atoms with Gasteiger partial charge in [0.15, 0.2) is 5.13 Å². The number of rotatable bonds is 8. The molecule has 2 aromatic heterocycles. The van der Waals surface area contributed by atoms with Gasteiger partial charge in [-0.25, -0.2) is 4.98 Å². The van der Waals surface area contributed by atoms with Crippen LogP contribution in [-0.4, -0.2) is 40.5 Å². The van der Waals surface area contributed by atoms with Gasteiger partial charge in [-0.2, -0.15) is 0 Å². The molecule has 3 heterocycles. The number of aliphatic hydroxyl groups is 1. The molecule has 0 radical (unpaired) electrons. The van der Waals surface area contributed by atoms with E-state index in [1.54, 1.807) is 37.4 Å². The minimum absolute atomic E-state index is 0.0151. The number of fused-ring (bicyclic) bond motifs is 1. The highest BCUT2D eigenvalue weighted by Gasteiger charge is 2.48. The lowest BCUT2D eigenvalue weighted by Gasteiger charge is -2.23. The smallest absolute Gasteiger partial charge is 0.301 e. The summed E-state index contributed by atoms with van der Waals surface area (Å²) in [5.74, 6) is -0.531. The number of unbranched alkanes of at least 4 members (excludes halogenated alkanes) is 1. The average Bonchev–Trinajstić information content (AvgIpc) is 3.46. The number of nitrogens with zero attached hydrogens (tertiary/aromatic N) is 3. The van der Waals surface area contributed by atoms with E-state index in [9.17, 15) is 14.7 Å². The molecule has 1 aliphatic heterocycles. The largest absolute Gasteiger partial charge is 0.507 e. The zero-order valence-electron chi connectivity index (χ0n) is 20.4. The lowest BCUT2D eigenvalue weighted by Crippen LogP contribution is -2.29. The van der Waals surface area contributed by atoms with Crippen LogP contribution in [0.3, 0.4) is 0 Å². The van der Waals surface area contributed by atoms with Crippen LogP contribution in [-0.2, 0) is 9.59 Å². The fourth-order valence-electron chi connectivity index (χ4n) is 4.24. The third kappa shape index (κ3) is 4.65. The number of carbonyl (C=O) groups is 2. The molecule has 188 valence electrons. The molecule has 1 saturated heterocycles. The Morgan fingerprint density at radius 3 is 2.65 bits per heavy atom. The number of thiazole rings is 1. The van der Waals surface area contributed by atoms with Gasteiger partial charge in [0, 0.05) is 18.0 Å². The van der Waals surface area contributed by atoms with Crippen molar-refractivity contribution in [2.45, 2.75) is 25.8 Å². The highest BCUT2D eigenvalue weighted by Crippen LogP contribution is 2.45. The number of hydrogen-bond acceptors (Lipinski definition) is 8. The Morgan fingerprint density at radius 2 is 1.89 bits per heavy atom. The molecule has 0 spiro atoms. The third-order valence-corrected chi connectivity index (χ3v) is 7.15. The molecule has 1 N–H and O–H groups in total. The van der Waals surface area contributed by atoms with Gasteiger partial charge in [-0.3, -0.25) is 19.5 Å². The second-order valence-electron chi connectivity index (χ2n) is 8.51. The number of aliphatic hydroxyl groups excluding tert-OH is 1. The zero-order valence-corrected chi connectivity index (χ0v) is 21.2. The van der Waals surface area contributed by atoms with Crippen molar-refractivity contribution >= 4 is 44.1 Å². The van der Waals surface area contributed by atoms with Crippen molar-refractivity contribution in [3.05, 3.63) is 83.7 Å². The SMILES string of the molecule is CCCCOc1cccc(C2C(=C(O)c3ccncc3)C(=O)C(=O)N2c2nc3ccc(OC)cc3s2)c1. The van der Waals surface area contributed by atoms with Crippen LogP contribution in [0.1, 0.15) is 36.9 Å². The van der Waals surface area contributed by atoms with Crippen LogP contribution in [0.4, 0.5) is 5.13 Å². The fourth-order valence-corrected chi connectivity index (χ4v) is 5.26. The fraction of sp³-hybridized carbons (Fsp3) is 0.214. The topological polar surface area (TPSA) is 102 Å². The van der Waals surface area contributed by atoms with Crippen molar-refractivity contribution < 1.29 is 24.2 Å². The number of benzene rings is 2. The number of anilines is 1. The first-order valence-corrected chi connectivity index (χ1v) is 12.7. The van der Waals surface area contributed by atoms with E-state index < -0.39 is 17.7 Å². The van der Waals surface area contributed by atoms with Gasteiger partial charge in [-0.1, -0.05) is 36.8 Å². The van der Waals surface area contributed by atoms with Gasteiger partial charge < -0.3 is 14.6 Å².